The van der Waals surface area contributed by atoms with Crippen molar-refractivity contribution >= 4 is 11.6 Å². The molecule has 1 aromatic rings. The number of benzene rings is 1. The Bertz CT molecular complexity index is 492. The lowest BCUT2D eigenvalue weighted by Crippen LogP contribution is -2.44. The molecule has 1 unspecified atom stereocenters. The van der Waals surface area contributed by atoms with Gasteiger partial charge in [-0.3, -0.25) is 4.90 Å². The number of nitrogens with zero attached hydrogens (tertiary/aromatic N) is 2. The summed E-state index contributed by atoms with van der Waals surface area (Å²) in [5, 5.41) is 13.2. The zero-order chi connectivity index (χ0) is 13.9. The molecule has 102 valence electrons. The van der Waals surface area contributed by atoms with Crippen molar-refractivity contribution in [3.63, 3.8) is 0 Å². The average molecular weight is 282 g/mol. The van der Waals surface area contributed by atoms with E-state index in [9.17, 15) is 9.65 Å². The Balaban J connectivity index is 2.38. The Morgan fingerprint density at radius 3 is 2.89 bits per heavy atom. The van der Waals surface area contributed by atoms with Crippen LogP contribution in [0.15, 0.2) is 18.2 Å². The van der Waals surface area contributed by atoms with Gasteiger partial charge in [0, 0.05) is 30.2 Å². The number of rotatable bonds is 2. The van der Waals surface area contributed by atoms with E-state index >= 15 is 0 Å². The quantitative estimate of drug-likeness (QED) is 0.905. The second kappa shape index (κ2) is 5.87. The van der Waals surface area contributed by atoms with Crippen LogP contribution < -0.4 is 5.32 Å². The summed E-state index contributed by atoms with van der Waals surface area (Å²) < 4.78 is 13.2. The topological polar surface area (TPSA) is 39.1 Å². The molecule has 0 saturated carbocycles. The second-order valence-electron chi connectivity index (χ2n) is 4.90. The Kier molecular flexibility index (Phi) is 4.41. The van der Waals surface area contributed by atoms with Crippen LogP contribution in [-0.4, -0.2) is 31.1 Å². The molecule has 1 aliphatic rings. The van der Waals surface area contributed by atoms with Gasteiger partial charge in [0.1, 0.15) is 11.4 Å². The molecule has 0 aromatic heterocycles. The SMILES string of the molecule is CC(C#N)(c1ccc(F)cc1Cl)N1CCCNCC1. The van der Waals surface area contributed by atoms with Gasteiger partial charge in [0.05, 0.1) is 6.07 Å². The molecule has 3 nitrogen and oxygen atoms in total. The van der Waals surface area contributed by atoms with Gasteiger partial charge in [-0.15, -0.1) is 0 Å². The highest BCUT2D eigenvalue weighted by molar-refractivity contribution is 6.31. The molecular weight excluding hydrogens is 265 g/mol. The molecule has 0 aliphatic carbocycles. The molecule has 1 N–H and O–H groups in total. The van der Waals surface area contributed by atoms with E-state index in [0.717, 1.165) is 32.6 Å². The zero-order valence-corrected chi connectivity index (χ0v) is 11.7. The van der Waals surface area contributed by atoms with E-state index < -0.39 is 5.54 Å². The lowest BCUT2D eigenvalue weighted by atomic mass is 9.91. The normalized spacial score (nSPS) is 20.3. The third kappa shape index (κ3) is 2.89. The maximum Gasteiger partial charge on any atom is 0.133 e. The van der Waals surface area contributed by atoms with Crippen molar-refractivity contribution in [2.75, 3.05) is 26.2 Å². The average Bonchev–Trinajstić information content (AvgIpc) is 2.67. The Hall–Kier alpha value is -1.15. The summed E-state index contributed by atoms with van der Waals surface area (Å²) in [4.78, 5) is 2.10. The van der Waals surface area contributed by atoms with E-state index in [0.29, 0.717) is 10.6 Å². The van der Waals surface area contributed by atoms with Gasteiger partial charge in [-0.1, -0.05) is 17.7 Å². The highest BCUT2D eigenvalue weighted by Gasteiger charge is 2.35. The molecule has 19 heavy (non-hydrogen) atoms. The zero-order valence-electron chi connectivity index (χ0n) is 10.9. The van der Waals surface area contributed by atoms with E-state index in [1.54, 1.807) is 6.07 Å². The first-order valence-electron chi connectivity index (χ1n) is 6.40. The molecule has 1 fully saturated rings. The second-order valence-corrected chi connectivity index (χ2v) is 5.31. The molecule has 1 aliphatic heterocycles. The molecule has 1 heterocycles. The first-order valence-corrected chi connectivity index (χ1v) is 6.78. The third-order valence-electron chi connectivity index (χ3n) is 3.65. The van der Waals surface area contributed by atoms with Crippen LogP contribution in [0.4, 0.5) is 4.39 Å². The summed E-state index contributed by atoms with van der Waals surface area (Å²) in [5.74, 6) is -0.383. The minimum atomic E-state index is -0.823. The predicted molar refractivity (Wildman–Crippen MR) is 73.4 cm³/mol. The number of hydrogen-bond donors (Lipinski definition) is 1. The van der Waals surface area contributed by atoms with Gasteiger partial charge in [-0.05, 0) is 32.0 Å². The number of nitriles is 1. The van der Waals surface area contributed by atoms with Gasteiger partial charge >= 0.3 is 0 Å². The Labute approximate surface area is 118 Å². The minimum absolute atomic E-state index is 0.307. The molecule has 1 aromatic carbocycles. The fraction of sp³-hybridized carbons (Fsp3) is 0.500. The summed E-state index contributed by atoms with van der Waals surface area (Å²) in [6.07, 6.45) is 0.982. The van der Waals surface area contributed by atoms with E-state index in [4.69, 9.17) is 11.6 Å². The first kappa shape index (κ1) is 14.3. The fourth-order valence-corrected chi connectivity index (χ4v) is 2.83. The standard InChI is InChI=1S/C14H17ClFN3/c1-14(10-17,19-7-2-5-18-6-8-19)12-4-3-11(16)9-13(12)15/h3-4,9,18H,2,5-8H2,1H3. The van der Waals surface area contributed by atoms with Crippen molar-refractivity contribution in [1.29, 1.82) is 5.26 Å². The van der Waals surface area contributed by atoms with Crippen LogP contribution in [0.2, 0.25) is 5.02 Å². The number of hydrogen-bond acceptors (Lipinski definition) is 3. The predicted octanol–water partition coefficient (Wildman–Crippen LogP) is 2.51. The molecule has 5 heteroatoms. The Morgan fingerprint density at radius 1 is 1.42 bits per heavy atom. The first-order chi connectivity index (χ1) is 9.08. The maximum absolute atomic E-state index is 13.2. The molecule has 1 atom stereocenters. The number of nitrogens with one attached hydrogen (secondary N) is 1. The van der Waals surface area contributed by atoms with E-state index in [2.05, 4.69) is 16.3 Å². The van der Waals surface area contributed by atoms with Gasteiger partial charge in [0.25, 0.3) is 0 Å². The lowest BCUT2D eigenvalue weighted by Gasteiger charge is -2.35. The van der Waals surface area contributed by atoms with Crippen LogP contribution in [0.1, 0.15) is 18.9 Å². The molecule has 0 radical (unpaired) electrons. The molecule has 1 saturated heterocycles. The number of halogens is 2. The van der Waals surface area contributed by atoms with Crippen LogP contribution in [0, 0.1) is 17.1 Å². The molecule has 0 spiro atoms. The largest absolute Gasteiger partial charge is 0.315 e. The Morgan fingerprint density at radius 2 is 2.21 bits per heavy atom. The molecule has 0 bridgehead atoms. The molecule has 2 rings (SSSR count). The lowest BCUT2D eigenvalue weighted by molar-refractivity contribution is 0.163. The van der Waals surface area contributed by atoms with E-state index in [-0.39, 0.29) is 5.82 Å². The fourth-order valence-electron chi connectivity index (χ4n) is 2.48. The maximum atomic E-state index is 13.2. The van der Waals surface area contributed by atoms with Gasteiger partial charge < -0.3 is 5.32 Å². The monoisotopic (exact) mass is 281 g/mol. The van der Waals surface area contributed by atoms with E-state index in [1.165, 1.54) is 12.1 Å². The summed E-state index contributed by atoms with van der Waals surface area (Å²) in [7, 11) is 0. The summed E-state index contributed by atoms with van der Waals surface area (Å²) >= 11 is 6.12. The summed E-state index contributed by atoms with van der Waals surface area (Å²) in [6.45, 7) is 5.24. The summed E-state index contributed by atoms with van der Waals surface area (Å²) in [5.41, 5.74) is -0.156. The summed E-state index contributed by atoms with van der Waals surface area (Å²) in [6, 6.07) is 6.57. The van der Waals surface area contributed by atoms with Crippen molar-refractivity contribution in [2.45, 2.75) is 18.9 Å². The van der Waals surface area contributed by atoms with Crippen LogP contribution in [0.25, 0.3) is 0 Å². The smallest absolute Gasteiger partial charge is 0.133 e. The van der Waals surface area contributed by atoms with Crippen molar-refractivity contribution in [1.82, 2.24) is 10.2 Å². The molecule has 0 amide bonds. The highest BCUT2D eigenvalue weighted by Crippen LogP contribution is 2.33. The van der Waals surface area contributed by atoms with Gasteiger partial charge in [-0.25, -0.2) is 4.39 Å². The highest BCUT2D eigenvalue weighted by atomic mass is 35.5. The van der Waals surface area contributed by atoms with Gasteiger partial charge in [0.2, 0.25) is 0 Å². The minimum Gasteiger partial charge on any atom is -0.315 e. The van der Waals surface area contributed by atoms with Crippen LogP contribution in [-0.2, 0) is 5.54 Å². The van der Waals surface area contributed by atoms with Crippen molar-refractivity contribution in [3.05, 3.63) is 34.6 Å². The van der Waals surface area contributed by atoms with Crippen LogP contribution in [0.3, 0.4) is 0 Å². The van der Waals surface area contributed by atoms with Gasteiger partial charge in [0.15, 0.2) is 0 Å². The van der Waals surface area contributed by atoms with Crippen LogP contribution >= 0.6 is 11.6 Å². The van der Waals surface area contributed by atoms with Gasteiger partial charge in [-0.2, -0.15) is 5.26 Å². The molecular formula is C14H17ClFN3. The van der Waals surface area contributed by atoms with Crippen LogP contribution in [0.5, 0.6) is 0 Å². The van der Waals surface area contributed by atoms with E-state index in [1.807, 2.05) is 6.92 Å². The van der Waals surface area contributed by atoms with Crippen molar-refractivity contribution < 1.29 is 4.39 Å². The third-order valence-corrected chi connectivity index (χ3v) is 3.96. The van der Waals surface area contributed by atoms with Crippen molar-refractivity contribution in [3.8, 4) is 6.07 Å². The van der Waals surface area contributed by atoms with Crippen molar-refractivity contribution in [2.24, 2.45) is 0 Å².